The van der Waals surface area contributed by atoms with E-state index >= 15 is 0 Å². The molecule has 0 fully saturated rings. The maximum atomic E-state index is 12.2. The van der Waals surface area contributed by atoms with Gasteiger partial charge < -0.3 is 10.5 Å². The van der Waals surface area contributed by atoms with Gasteiger partial charge in [-0.25, -0.2) is 9.97 Å². The lowest BCUT2D eigenvalue weighted by Crippen LogP contribution is -2.32. The van der Waals surface area contributed by atoms with Crippen LogP contribution in [0.2, 0.25) is 0 Å². The Bertz CT molecular complexity index is 396. The van der Waals surface area contributed by atoms with Crippen LogP contribution in [0.25, 0.3) is 0 Å². The van der Waals surface area contributed by atoms with Crippen molar-refractivity contribution in [1.29, 1.82) is 0 Å². The third-order valence-corrected chi connectivity index (χ3v) is 1.84. The molecule has 1 rings (SSSR count). The second-order valence-corrected chi connectivity index (χ2v) is 3.32. The first-order valence-corrected chi connectivity index (χ1v) is 4.57. The highest BCUT2D eigenvalue weighted by Crippen LogP contribution is 2.24. The highest BCUT2D eigenvalue weighted by Gasteiger charge is 2.38. The van der Waals surface area contributed by atoms with Crippen molar-refractivity contribution < 1.29 is 17.9 Å². The van der Waals surface area contributed by atoms with Gasteiger partial charge in [0, 0.05) is 12.4 Å². The maximum Gasteiger partial charge on any atom is 0.425 e. The highest BCUT2D eigenvalue weighted by molar-refractivity contribution is 7.80. The molecule has 1 aromatic rings. The highest BCUT2D eigenvalue weighted by atomic mass is 32.1. The Morgan fingerprint density at radius 3 is 2.50 bits per heavy atom. The van der Waals surface area contributed by atoms with Crippen LogP contribution in [-0.2, 0) is 0 Å². The maximum absolute atomic E-state index is 12.2. The van der Waals surface area contributed by atoms with Gasteiger partial charge in [0.2, 0.25) is 5.88 Å². The summed E-state index contributed by atoms with van der Waals surface area (Å²) in [6.07, 6.45) is -4.03. The summed E-state index contributed by atoms with van der Waals surface area (Å²) in [7, 11) is 0. The fraction of sp³-hybridized carbons (Fsp3) is 0.375. The molecule has 0 aliphatic heterocycles. The standard InChI is InChI=1S/C8H8F3N3OS/c1-4(8(9,10)11)15-7-5(6(12)16)13-2-3-14-7/h2-4H,1H3,(H2,12,16). The van der Waals surface area contributed by atoms with Crippen molar-refractivity contribution in [3.63, 3.8) is 0 Å². The van der Waals surface area contributed by atoms with Gasteiger partial charge in [0.05, 0.1) is 0 Å². The molecule has 8 heteroatoms. The molecule has 1 aromatic heterocycles. The number of nitrogens with two attached hydrogens (primary N) is 1. The van der Waals surface area contributed by atoms with E-state index in [0.29, 0.717) is 0 Å². The van der Waals surface area contributed by atoms with Crippen LogP contribution < -0.4 is 10.5 Å². The lowest BCUT2D eigenvalue weighted by Gasteiger charge is -2.17. The quantitative estimate of drug-likeness (QED) is 0.824. The number of hydrogen-bond donors (Lipinski definition) is 1. The van der Waals surface area contributed by atoms with Crippen LogP contribution in [0.5, 0.6) is 5.88 Å². The Balaban J connectivity index is 2.93. The van der Waals surface area contributed by atoms with E-state index in [1.165, 1.54) is 12.4 Å². The first kappa shape index (κ1) is 12.6. The zero-order valence-corrected chi connectivity index (χ0v) is 8.97. The summed E-state index contributed by atoms with van der Waals surface area (Å²) >= 11 is 4.61. The third kappa shape index (κ3) is 3.02. The van der Waals surface area contributed by atoms with Crippen LogP contribution in [0, 0.1) is 0 Å². The number of ether oxygens (including phenoxy) is 1. The molecule has 0 aliphatic rings. The average molecular weight is 251 g/mol. The second kappa shape index (κ2) is 4.60. The first-order valence-electron chi connectivity index (χ1n) is 4.16. The summed E-state index contributed by atoms with van der Waals surface area (Å²) in [4.78, 5) is 7.12. The number of rotatable bonds is 3. The minimum Gasteiger partial charge on any atom is -0.463 e. The van der Waals surface area contributed by atoms with Crippen LogP contribution in [0.4, 0.5) is 13.2 Å². The fourth-order valence-electron chi connectivity index (χ4n) is 0.815. The molecule has 0 bridgehead atoms. The third-order valence-electron chi connectivity index (χ3n) is 1.65. The van der Waals surface area contributed by atoms with E-state index < -0.39 is 12.3 Å². The number of aromatic nitrogens is 2. The number of thiocarbonyl (C=S) groups is 1. The molecule has 1 unspecified atom stereocenters. The fourth-order valence-corrected chi connectivity index (χ4v) is 0.955. The minimum atomic E-state index is -4.48. The molecule has 0 radical (unpaired) electrons. The van der Waals surface area contributed by atoms with E-state index in [0.717, 1.165) is 6.92 Å². The average Bonchev–Trinajstić information content (AvgIpc) is 2.16. The molecule has 1 heterocycles. The van der Waals surface area contributed by atoms with Gasteiger partial charge in [-0.2, -0.15) is 13.2 Å². The minimum absolute atomic E-state index is 0.0615. The normalized spacial score (nSPS) is 13.2. The van der Waals surface area contributed by atoms with Crippen LogP contribution in [-0.4, -0.2) is 27.2 Å². The second-order valence-electron chi connectivity index (χ2n) is 2.88. The Morgan fingerprint density at radius 2 is 2.00 bits per heavy atom. The molecule has 0 aromatic carbocycles. The molecule has 0 spiro atoms. The van der Waals surface area contributed by atoms with Crippen LogP contribution >= 0.6 is 12.2 Å². The Hall–Kier alpha value is -1.44. The van der Waals surface area contributed by atoms with Crippen molar-refractivity contribution in [2.45, 2.75) is 19.2 Å². The van der Waals surface area contributed by atoms with Gasteiger partial charge in [-0.15, -0.1) is 0 Å². The van der Waals surface area contributed by atoms with Gasteiger partial charge in [0.1, 0.15) is 4.99 Å². The van der Waals surface area contributed by atoms with Gasteiger partial charge in [0.15, 0.2) is 11.8 Å². The van der Waals surface area contributed by atoms with Crippen molar-refractivity contribution in [3.8, 4) is 5.88 Å². The van der Waals surface area contributed by atoms with Crippen molar-refractivity contribution in [3.05, 3.63) is 18.1 Å². The topological polar surface area (TPSA) is 61.0 Å². The van der Waals surface area contributed by atoms with Gasteiger partial charge in [0.25, 0.3) is 0 Å². The predicted octanol–water partition coefficient (Wildman–Crippen LogP) is 1.44. The number of hydrogen-bond acceptors (Lipinski definition) is 4. The van der Waals surface area contributed by atoms with Gasteiger partial charge in [-0.05, 0) is 6.92 Å². The number of halogens is 3. The van der Waals surface area contributed by atoms with E-state index in [1.807, 2.05) is 0 Å². The van der Waals surface area contributed by atoms with Crippen LogP contribution in [0.3, 0.4) is 0 Å². The van der Waals surface area contributed by atoms with Crippen molar-refractivity contribution in [2.75, 3.05) is 0 Å². The van der Waals surface area contributed by atoms with E-state index in [-0.39, 0.29) is 16.6 Å². The molecule has 16 heavy (non-hydrogen) atoms. The molecule has 88 valence electrons. The molecule has 0 saturated carbocycles. The van der Waals surface area contributed by atoms with E-state index in [1.54, 1.807) is 0 Å². The SMILES string of the molecule is CC(Oc1nccnc1C(N)=S)C(F)(F)F. The van der Waals surface area contributed by atoms with Crippen LogP contribution in [0.15, 0.2) is 12.4 Å². The summed E-state index contributed by atoms with van der Waals surface area (Å²) in [6, 6.07) is 0. The summed E-state index contributed by atoms with van der Waals surface area (Å²) in [5.41, 5.74) is 5.21. The van der Waals surface area contributed by atoms with E-state index in [4.69, 9.17) is 5.73 Å². The Kier molecular flexibility index (Phi) is 3.63. The van der Waals surface area contributed by atoms with Crippen molar-refractivity contribution >= 4 is 17.2 Å². The zero-order valence-electron chi connectivity index (χ0n) is 8.15. The Morgan fingerprint density at radius 1 is 1.44 bits per heavy atom. The van der Waals surface area contributed by atoms with Crippen molar-refractivity contribution in [2.24, 2.45) is 5.73 Å². The summed E-state index contributed by atoms with van der Waals surface area (Å²) in [5.74, 6) is -0.320. The lowest BCUT2D eigenvalue weighted by atomic mass is 10.4. The molecule has 0 saturated heterocycles. The molecular weight excluding hydrogens is 243 g/mol. The molecular formula is C8H8F3N3OS. The zero-order chi connectivity index (χ0) is 12.3. The lowest BCUT2D eigenvalue weighted by molar-refractivity contribution is -0.190. The monoisotopic (exact) mass is 251 g/mol. The van der Waals surface area contributed by atoms with Gasteiger partial charge in [-0.1, -0.05) is 12.2 Å². The number of nitrogens with zero attached hydrogens (tertiary/aromatic N) is 2. The summed E-state index contributed by atoms with van der Waals surface area (Å²) < 4.78 is 41.3. The van der Waals surface area contributed by atoms with Crippen LogP contribution in [0.1, 0.15) is 12.6 Å². The molecule has 4 nitrogen and oxygen atoms in total. The van der Waals surface area contributed by atoms with Gasteiger partial charge in [-0.3, -0.25) is 0 Å². The van der Waals surface area contributed by atoms with E-state index in [9.17, 15) is 13.2 Å². The summed E-state index contributed by atoms with van der Waals surface area (Å²) in [5, 5.41) is 0. The Labute approximate surface area is 94.6 Å². The van der Waals surface area contributed by atoms with E-state index in [2.05, 4.69) is 26.9 Å². The van der Waals surface area contributed by atoms with Gasteiger partial charge >= 0.3 is 6.18 Å². The molecule has 0 aliphatic carbocycles. The summed E-state index contributed by atoms with van der Waals surface area (Å²) in [6.45, 7) is 0.859. The first-order chi connectivity index (χ1) is 7.32. The van der Waals surface area contributed by atoms with Crippen molar-refractivity contribution in [1.82, 2.24) is 9.97 Å². The number of alkyl halides is 3. The molecule has 1 atom stereocenters. The largest absolute Gasteiger partial charge is 0.463 e. The molecule has 2 N–H and O–H groups in total. The predicted molar refractivity (Wildman–Crippen MR) is 54.1 cm³/mol. The smallest absolute Gasteiger partial charge is 0.425 e. The molecule has 0 amide bonds.